The van der Waals surface area contributed by atoms with Gasteiger partial charge in [0, 0.05) is 6.54 Å². The van der Waals surface area contributed by atoms with E-state index < -0.39 is 22.5 Å². The van der Waals surface area contributed by atoms with E-state index in [1.807, 2.05) is 13.8 Å². The van der Waals surface area contributed by atoms with Crippen LogP contribution < -0.4 is 4.74 Å². The van der Waals surface area contributed by atoms with E-state index in [1.54, 1.807) is 0 Å². The van der Waals surface area contributed by atoms with Crippen LogP contribution in [0.5, 0.6) is 5.75 Å². The molecule has 0 radical (unpaired) electrons. The molecule has 21 heavy (non-hydrogen) atoms. The number of ether oxygens (including phenoxy) is 1. The molecule has 0 saturated heterocycles. The van der Waals surface area contributed by atoms with Gasteiger partial charge in [-0.05, 0) is 24.1 Å². The molecule has 6 nitrogen and oxygen atoms in total. The van der Waals surface area contributed by atoms with Crippen molar-refractivity contribution in [1.29, 1.82) is 0 Å². The molecule has 0 unspecified atom stereocenters. The number of nitrogens with zero attached hydrogens (tertiary/aromatic N) is 1. The summed E-state index contributed by atoms with van der Waals surface area (Å²) in [6, 6.07) is 4.03. The summed E-state index contributed by atoms with van der Waals surface area (Å²) in [6.07, 6.45) is 0. The molecule has 0 saturated carbocycles. The van der Waals surface area contributed by atoms with Crippen molar-refractivity contribution < 1.29 is 23.1 Å². The quantitative estimate of drug-likeness (QED) is 0.824. The van der Waals surface area contributed by atoms with Crippen LogP contribution >= 0.6 is 11.6 Å². The van der Waals surface area contributed by atoms with Gasteiger partial charge in [0.2, 0.25) is 10.0 Å². The number of aliphatic carboxylic acids is 1. The van der Waals surface area contributed by atoms with Gasteiger partial charge in [-0.1, -0.05) is 25.4 Å². The SMILES string of the molecule is COc1ccc(S(=O)(=O)N(CC(=O)O)CC(C)C)cc1Cl. The molecule has 1 rings (SSSR count). The summed E-state index contributed by atoms with van der Waals surface area (Å²) < 4.78 is 30.9. The topological polar surface area (TPSA) is 83.9 Å². The van der Waals surface area contributed by atoms with Crippen LogP contribution in [0.2, 0.25) is 5.02 Å². The van der Waals surface area contributed by atoms with E-state index >= 15 is 0 Å². The molecule has 0 aliphatic carbocycles. The Morgan fingerprint density at radius 2 is 2.05 bits per heavy atom. The zero-order chi connectivity index (χ0) is 16.2. The van der Waals surface area contributed by atoms with Crippen molar-refractivity contribution in [3.63, 3.8) is 0 Å². The lowest BCUT2D eigenvalue weighted by atomic mass is 10.2. The smallest absolute Gasteiger partial charge is 0.318 e. The Bertz CT molecular complexity index is 615. The fraction of sp³-hybridized carbons (Fsp3) is 0.462. The number of rotatable bonds is 7. The average Bonchev–Trinajstić information content (AvgIpc) is 2.36. The molecule has 0 aliphatic rings. The number of halogens is 1. The van der Waals surface area contributed by atoms with Gasteiger partial charge in [0.1, 0.15) is 12.3 Å². The Balaban J connectivity index is 3.21. The van der Waals surface area contributed by atoms with E-state index in [9.17, 15) is 13.2 Å². The zero-order valence-corrected chi connectivity index (χ0v) is 13.6. The van der Waals surface area contributed by atoms with Crippen molar-refractivity contribution >= 4 is 27.6 Å². The lowest BCUT2D eigenvalue weighted by Gasteiger charge is -2.22. The average molecular weight is 336 g/mol. The summed E-state index contributed by atoms with van der Waals surface area (Å²) in [7, 11) is -2.50. The van der Waals surface area contributed by atoms with Crippen LogP contribution in [-0.4, -0.2) is 44.0 Å². The molecule has 0 fully saturated rings. The van der Waals surface area contributed by atoms with Gasteiger partial charge in [-0.3, -0.25) is 4.79 Å². The molecular weight excluding hydrogens is 318 g/mol. The third kappa shape index (κ3) is 4.59. The standard InChI is InChI=1S/C13H18ClNO5S/c1-9(2)7-15(8-13(16)17)21(18,19)10-4-5-12(20-3)11(14)6-10/h4-6,9H,7-8H2,1-3H3,(H,16,17). The van der Waals surface area contributed by atoms with Crippen LogP contribution in [0.15, 0.2) is 23.1 Å². The Labute approximate surface area is 129 Å². The number of carbonyl (C=O) groups is 1. The predicted molar refractivity (Wildman–Crippen MR) is 79.2 cm³/mol. The molecule has 118 valence electrons. The second-order valence-electron chi connectivity index (χ2n) is 4.88. The number of methoxy groups -OCH3 is 1. The highest BCUT2D eigenvalue weighted by Gasteiger charge is 2.27. The Kier molecular flexibility index (Phi) is 6.00. The number of sulfonamides is 1. The molecule has 1 aromatic rings. The molecule has 0 bridgehead atoms. The maximum atomic E-state index is 12.5. The summed E-state index contributed by atoms with van der Waals surface area (Å²) in [5, 5.41) is 9.04. The molecule has 0 amide bonds. The molecule has 1 N–H and O–H groups in total. The van der Waals surface area contributed by atoms with Crippen LogP contribution in [0.3, 0.4) is 0 Å². The zero-order valence-electron chi connectivity index (χ0n) is 12.0. The highest BCUT2D eigenvalue weighted by molar-refractivity contribution is 7.89. The Morgan fingerprint density at radius 1 is 1.43 bits per heavy atom. The highest BCUT2D eigenvalue weighted by atomic mass is 35.5. The van der Waals surface area contributed by atoms with Crippen molar-refractivity contribution in [1.82, 2.24) is 4.31 Å². The number of hydrogen-bond donors (Lipinski definition) is 1. The molecule has 0 aliphatic heterocycles. The number of hydrogen-bond acceptors (Lipinski definition) is 4. The lowest BCUT2D eigenvalue weighted by Crippen LogP contribution is -2.38. The van der Waals surface area contributed by atoms with Crippen LogP contribution in [0.25, 0.3) is 0 Å². The van der Waals surface area contributed by atoms with Gasteiger partial charge >= 0.3 is 5.97 Å². The summed E-state index contributed by atoms with van der Waals surface area (Å²) in [5.41, 5.74) is 0. The predicted octanol–water partition coefficient (Wildman–Crippen LogP) is 2.08. The van der Waals surface area contributed by atoms with Crippen molar-refractivity contribution in [3.05, 3.63) is 23.2 Å². The van der Waals surface area contributed by atoms with Gasteiger partial charge in [0.05, 0.1) is 17.0 Å². The fourth-order valence-electron chi connectivity index (χ4n) is 1.76. The third-order valence-electron chi connectivity index (χ3n) is 2.64. The summed E-state index contributed by atoms with van der Waals surface area (Å²) in [4.78, 5) is 10.8. The minimum atomic E-state index is -3.93. The van der Waals surface area contributed by atoms with Gasteiger partial charge in [-0.25, -0.2) is 8.42 Å². The molecule has 0 aromatic heterocycles. The lowest BCUT2D eigenvalue weighted by molar-refractivity contribution is -0.137. The van der Waals surface area contributed by atoms with Gasteiger partial charge in [0.15, 0.2) is 0 Å². The summed E-state index contributed by atoms with van der Waals surface area (Å²) >= 11 is 5.93. The van der Waals surface area contributed by atoms with E-state index in [0.29, 0.717) is 5.75 Å². The minimum absolute atomic E-state index is 0.00662. The van der Waals surface area contributed by atoms with Gasteiger partial charge in [-0.15, -0.1) is 0 Å². The minimum Gasteiger partial charge on any atom is -0.495 e. The first-order valence-electron chi connectivity index (χ1n) is 6.24. The van der Waals surface area contributed by atoms with E-state index in [1.165, 1.54) is 25.3 Å². The van der Waals surface area contributed by atoms with Crippen LogP contribution in [-0.2, 0) is 14.8 Å². The molecule has 0 atom stereocenters. The molecule has 8 heteroatoms. The maximum Gasteiger partial charge on any atom is 0.318 e. The van der Waals surface area contributed by atoms with Crippen molar-refractivity contribution in [2.45, 2.75) is 18.7 Å². The highest BCUT2D eigenvalue weighted by Crippen LogP contribution is 2.28. The van der Waals surface area contributed by atoms with Crippen LogP contribution in [0.1, 0.15) is 13.8 Å². The van der Waals surface area contributed by atoms with Gasteiger partial charge in [0.25, 0.3) is 0 Å². The first kappa shape index (κ1) is 17.7. The van der Waals surface area contributed by atoms with Crippen LogP contribution in [0.4, 0.5) is 0 Å². The fourth-order valence-corrected chi connectivity index (χ4v) is 3.66. The second kappa shape index (κ2) is 7.11. The van der Waals surface area contributed by atoms with Crippen molar-refractivity contribution in [3.8, 4) is 5.75 Å². The normalized spacial score (nSPS) is 11.9. The summed E-state index contributed by atoms with van der Waals surface area (Å²) in [5.74, 6) is -0.865. The van der Waals surface area contributed by atoms with Crippen molar-refractivity contribution in [2.24, 2.45) is 5.92 Å². The number of carboxylic acids is 1. The second-order valence-corrected chi connectivity index (χ2v) is 7.23. The molecule has 0 heterocycles. The number of carboxylic acid groups (broad SMARTS) is 1. The largest absolute Gasteiger partial charge is 0.495 e. The maximum absolute atomic E-state index is 12.5. The monoisotopic (exact) mass is 335 g/mol. The van der Waals surface area contributed by atoms with E-state index in [4.69, 9.17) is 21.4 Å². The molecular formula is C13H18ClNO5S. The Morgan fingerprint density at radius 3 is 2.48 bits per heavy atom. The van der Waals surface area contributed by atoms with Crippen molar-refractivity contribution in [2.75, 3.05) is 20.2 Å². The van der Waals surface area contributed by atoms with E-state index in [0.717, 1.165) is 4.31 Å². The molecule has 0 spiro atoms. The summed E-state index contributed by atoms with van der Waals surface area (Å²) in [6.45, 7) is 3.14. The van der Waals surface area contributed by atoms with Gasteiger partial charge in [-0.2, -0.15) is 4.31 Å². The Hall–Kier alpha value is -1.31. The van der Waals surface area contributed by atoms with E-state index in [2.05, 4.69) is 0 Å². The first-order chi connectivity index (χ1) is 9.68. The number of benzene rings is 1. The van der Waals surface area contributed by atoms with E-state index in [-0.39, 0.29) is 22.4 Å². The first-order valence-corrected chi connectivity index (χ1v) is 8.05. The molecule has 1 aromatic carbocycles. The van der Waals surface area contributed by atoms with Gasteiger partial charge < -0.3 is 9.84 Å². The third-order valence-corrected chi connectivity index (χ3v) is 4.74. The van der Waals surface area contributed by atoms with Crippen LogP contribution in [0, 0.1) is 5.92 Å².